The highest BCUT2D eigenvalue weighted by Gasteiger charge is 2.35. The Balaban J connectivity index is 2.12. The Morgan fingerprint density at radius 3 is 2.54 bits per heavy atom. The molecule has 8 heteroatoms. The molecule has 1 aliphatic heterocycles. The molecule has 0 spiro atoms. The molecule has 1 aromatic carbocycles. The Bertz CT molecular complexity index is 823. The Morgan fingerprint density at radius 2 is 1.96 bits per heavy atom. The third-order valence-corrected chi connectivity index (χ3v) is 4.12. The third-order valence-electron chi connectivity index (χ3n) is 4.12. The average Bonchev–Trinajstić information content (AvgIpc) is 2.89. The van der Waals surface area contributed by atoms with Gasteiger partial charge in [-0.05, 0) is 37.1 Å². The quantitative estimate of drug-likeness (QED) is 0.816. The second-order valence-electron chi connectivity index (χ2n) is 5.70. The molecule has 0 bridgehead atoms. The number of anilines is 1. The van der Waals surface area contributed by atoms with Crippen LogP contribution in [0.25, 0.3) is 0 Å². The number of aromatic nitrogens is 2. The van der Waals surface area contributed by atoms with E-state index >= 15 is 0 Å². The summed E-state index contributed by atoms with van der Waals surface area (Å²) in [6, 6.07) is 3.98. The Morgan fingerprint density at radius 1 is 1.25 bits per heavy atom. The number of benzene rings is 1. The summed E-state index contributed by atoms with van der Waals surface area (Å²) >= 11 is 0. The first-order chi connectivity index (χ1) is 11.2. The number of nitrogens with zero attached hydrogens (tertiary/aromatic N) is 2. The number of alkyl halides is 3. The van der Waals surface area contributed by atoms with Crippen molar-refractivity contribution in [3.63, 3.8) is 0 Å². The fourth-order valence-corrected chi connectivity index (χ4v) is 2.81. The van der Waals surface area contributed by atoms with Crippen molar-refractivity contribution in [3.8, 4) is 0 Å². The summed E-state index contributed by atoms with van der Waals surface area (Å²) in [4.78, 5) is 0. The predicted octanol–water partition coefficient (Wildman–Crippen LogP) is 3.84. The van der Waals surface area contributed by atoms with E-state index < -0.39 is 23.6 Å². The number of hydrogen-bond acceptors (Lipinski definition) is 3. The van der Waals surface area contributed by atoms with Gasteiger partial charge in [0.2, 0.25) is 0 Å². The molecule has 3 rings (SSSR count). The molecular weight excluding hydrogens is 326 g/mol. The molecule has 2 N–H and O–H groups in total. The van der Waals surface area contributed by atoms with Crippen molar-refractivity contribution < 1.29 is 22.7 Å². The molecular formula is C16H15F4N3O. The summed E-state index contributed by atoms with van der Waals surface area (Å²) < 4.78 is 53.7. The van der Waals surface area contributed by atoms with Gasteiger partial charge in [0.1, 0.15) is 17.7 Å². The number of aliphatic hydroxyl groups is 1. The summed E-state index contributed by atoms with van der Waals surface area (Å²) in [7, 11) is 0. The van der Waals surface area contributed by atoms with Crippen LogP contribution in [0.1, 0.15) is 36.7 Å². The lowest BCUT2D eigenvalue weighted by Gasteiger charge is -2.29. The molecule has 0 saturated heterocycles. The van der Waals surface area contributed by atoms with Crippen LogP contribution >= 0.6 is 0 Å². The smallest absolute Gasteiger partial charge is 0.390 e. The van der Waals surface area contributed by atoms with E-state index in [1.54, 1.807) is 13.0 Å². The molecule has 0 amide bonds. The van der Waals surface area contributed by atoms with Crippen LogP contribution in [0.4, 0.5) is 23.4 Å². The average molecular weight is 341 g/mol. The molecule has 1 unspecified atom stereocenters. The van der Waals surface area contributed by atoms with Gasteiger partial charge in [0.25, 0.3) is 0 Å². The lowest BCUT2D eigenvalue weighted by molar-refractivity contribution is -0.140. The minimum absolute atomic E-state index is 0.270. The van der Waals surface area contributed by atoms with Crippen molar-refractivity contribution in [1.82, 2.24) is 9.78 Å². The molecule has 0 fully saturated rings. The van der Waals surface area contributed by atoms with E-state index in [1.165, 1.54) is 10.7 Å². The lowest BCUT2D eigenvalue weighted by atomic mass is 9.96. The monoisotopic (exact) mass is 341 g/mol. The van der Waals surface area contributed by atoms with Crippen LogP contribution in [-0.2, 0) is 12.8 Å². The van der Waals surface area contributed by atoms with E-state index in [0.717, 1.165) is 23.4 Å². The van der Waals surface area contributed by atoms with Crippen molar-refractivity contribution in [1.29, 1.82) is 0 Å². The molecule has 0 saturated carbocycles. The van der Waals surface area contributed by atoms with Crippen molar-refractivity contribution in [2.75, 3.05) is 5.32 Å². The summed E-state index contributed by atoms with van der Waals surface area (Å²) in [5, 5.41) is 16.6. The highest BCUT2D eigenvalue weighted by atomic mass is 19.4. The minimum Gasteiger partial charge on any atom is -0.390 e. The number of fused-ring (bicyclic) bond motifs is 1. The van der Waals surface area contributed by atoms with Crippen LogP contribution in [0.2, 0.25) is 0 Å². The van der Waals surface area contributed by atoms with Crippen LogP contribution in [-0.4, -0.2) is 14.9 Å². The van der Waals surface area contributed by atoms with Gasteiger partial charge in [-0.2, -0.15) is 18.3 Å². The maximum absolute atomic E-state index is 14.0. The van der Waals surface area contributed by atoms with Gasteiger partial charge in [-0.1, -0.05) is 6.07 Å². The fourth-order valence-electron chi connectivity index (χ4n) is 2.81. The summed E-state index contributed by atoms with van der Waals surface area (Å²) in [5.41, 5.74) is 1.08. The van der Waals surface area contributed by atoms with Crippen LogP contribution in [0.5, 0.6) is 0 Å². The molecule has 1 aromatic heterocycles. The second kappa shape index (κ2) is 5.62. The molecule has 1 atom stereocenters. The summed E-state index contributed by atoms with van der Waals surface area (Å²) in [5.74, 6) is -0.729. The van der Waals surface area contributed by atoms with Crippen LogP contribution in [0.15, 0.2) is 35.5 Å². The number of hydrogen-bond donors (Lipinski definition) is 2. The molecule has 0 radical (unpaired) electrons. The summed E-state index contributed by atoms with van der Waals surface area (Å²) in [6.07, 6.45) is -4.74. The molecule has 2 heterocycles. The van der Waals surface area contributed by atoms with Crippen molar-refractivity contribution in [3.05, 3.63) is 58.2 Å². The van der Waals surface area contributed by atoms with Crippen molar-refractivity contribution >= 4 is 5.82 Å². The standard InChI is InChI=1S/C16H15F4N3O/c1-8-9(2)21-14-6-11(7-24)22-23(14)15(8)10-3-4-12(13(17)5-10)16(18,19)20/h3-6,15,21,24H,7H2,1-2H3. The number of rotatable bonds is 2. The number of allylic oxidation sites excluding steroid dienone is 2. The largest absolute Gasteiger partial charge is 0.419 e. The molecule has 0 aliphatic carbocycles. The normalized spacial score (nSPS) is 17.7. The van der Waals surface area contributed by atoms with E-state index in [9.17, 15) is 22.7 Å². The number of halogens is 4. The molecule has 2 aromatic rings. The zero-order valence-electron chi connectivity index (χ0n) is 12.9. The first-order valence-electron chi connectivity index (χ1n) is 7.22. The lowest BCUT2D eigenvalue weighted by Crippen LogP contribution is -2.23. The van der Waals surface area contributed by atoms with E-state index in [4.69, 9.17) is 0 Å². The highest BCUT2D eigenvalue weighted by molar-refractivity contribution is 5.51. The van der Waals surface area contributed by atoms with Gasteiger partial charge in [-0.15, -0.1) is 0 Å². The van der Waals surface area contributed by atoms with Gasteiger partial charge < -0.3 is 10.4 Å². The van der Waals surface area contributed by atoms with Gasteiger partial charge in [-0.25, -0.2) is 9.07 Å². The molecule has 128 valence electrons. The zero-order valence-corrected chi connectivity index (χ0v) is 12.9. The van der Waals surface area contributed by atoms with E-state index in [2.05, 4.69) is 10.4 Å². The van der Waals surface area contributed by atoms with E-state index in [0.29, 0.717) is 17.1 Å². The SMILES string of the molecule is CC1=C(C)C(c2ccc(C(F)(F)F)c(F)c2)n2nc(CO)cc2N1. The maximum Gasteiger partial charge on any atom is 0.419 e. The van der Waals surface area contributed by atoms with E-state index in [-0.39, 0.29) is 6.61 Å². The number of aliphatic hydroxyl groups excluding tert-OH is 1. The predicted molar refractivity (Wildman–Crippen MR) is 79.7 cm³/mol. The van der Waals surface area contributed by atoms with Crippen LogP contribution in [0.3, 0.4) is 0 Å². The summed E-state index contributed by atoms with van der Waals surface area (Å²) in [6.45, 7) is 3.34. The van der Waals surface area contributed by atoms with Crippen molar-refractivity contribution in [2.24, 2.45) is 0 Å². The van der Waals surface area contributed by atoms with E-state index in [1.807, 2.05) is 6.92 Å². The minimum atomic E-state index is -4.74. The van der Waals surface area contributed by atoms with Crippen molar-refractivity contribution in [2.45, 2.75) is 32.7 Å². The van der Waals surface area contributed by atoms with Gasteiger partial charge >= 0.3 is 6.18 Å². The maximum atomic E-state index is 14.0. The first-order valence-corrected chi connectivity index (χ1v) is 7.22. The van der Waals surface area contributed by atoms with Gasteiger partial charge in [0, 0.05) is 11.8 Å². The second-order valence-corrected chi connectivity index (χ2v) is 5.70. The fraction of sp³-hybridized carbons (Fsp3) is 0.312. The van der Waals surface area contributed by atoms with Crippen LogP contribution in [0, 0.1) is 5.82 Å². The Hall–Kier alpha value is -2.35. The third kappa shape index (κ3) is 2.66. The highest BCUT2D eigenvalue weighted by Crippen LogP contribution is 2.38. The topological polar surface area (TPSA) is 50.1 Å². The number of nitrogens with one attached hydrogen (secondary N) is 1. The molecule has 1 aliphatic rings. The first kappa shape index (κ1) is 16.5. The zero-order chi connectivity index (χ0) is 17.6. The van der Waals surface area contributed by atoms with Gasteiger partial charge in [-0.3, -0.25) is 0 Å². The molecule has 24 heavy (non-hydrogen) atoms. The van der Waals surface area contributed by atoms with Gasteiger partial charge in [0.05, 0.1) is 17.9 Å². The Kier molecular flexibility index (Phi) is 3.87. The van der Waals surface area contributed by atoms with Gasteiger partial charge in [0.15, 0.2) is 0 Å². The molecule has 4 nitrogen and oxygen atoms in total. The van der Waals surface area contributed by atoms with Crippen LogP contribution < -0.4 is 5.32 Å². The Labute approximate surface area is 135 Å².